The molecule has 12 heavy (non-hydrogen) atoms. The molecular weight excluding hydrogens is 186 g/mol. The monoisotopic (exact) mass is 201 g/mol. The van der Waals surface area contributed by atoms with Crippen molar-refractivity contribution in [3.8, 4) is 0 Å². The minimum atomic E-state index is 0.759. The topological polar surface area (TPSA) is 26.0 Å². The number of rotatable bonds is 3. The van der Waals surface area contributed by atoms with Gasteiger partial charge in [0.25, 0.3) is 0 Å². The van der Waals surface area contributed by atoms with Gasteiger partial charge in [0.05, 0.1) is 4.21 Å². The lowest BCUT2D eigenvalue weighted by molar-refractivity contribution is 0.978. The van der Waals surface area contributed by atoms with Crippen LogP contribution in [0.25, 0.3) is 0 Å². The van der Waals surface area contributed by atoms with Crippen LogP contribution in [0.2, 0.25) is 0 Å². The molecule has 0 aliphatic rings. The number of hydrogen-bond donors (Lipinski definition) is 1. The summed E-state index contributed by atoms with van der Waals surface area (Å²) < 4.78 is 1.44. The van der Waals surface area contributed by atoms with Crippen molar-refractivity contribution in [2.45, 2.75) is 24.5 Å². The Morgan fingerprint density at radius 2 is 2.00 bits per heavy atom. The zero-order valence-corrected chi connectivity index (χ0v) is 9.44. The molecule has 0 saturated carbocycles. The fourth-order valence-corrected chi connectivity index (χ4v) is 3.34. The van der Waals surface area contributed by atoms with Crippen LogP contribution >= 0.6 is 23.1 Å². The average molecular weight is 201 g/mol. The van der Waals surface area contributed by atoms with Crippen molar-refractivity contribution in [2.24, 2.45) is 5.73 Å². The van der Waals surface area contributed by atoms with Crippen molar-refractivity contribution < 1.29 is 0 Å². The highest BCUT2D eigenvalue weighted by Crippen LogP contribution is 2.33. The van der Waals surface area contributed by atoms with E-state index in [-0.39, 0.29) is 0 Å². The molecule has 1 heterocycles. The maximum atomic E-state index is 5.53. The Morgan fingerprint density at radius 1 is 1.33 bits per heavy atom. The fraction of sp³-hybridized carbons (Fsp3) is 0.556. The molecule has 0 radical (unpaired) electrons. The smallest absolute Gasteiger partial charge is 0.0630 e. The minimum Gasteiger partial charge on any atom is -0.330 e. The average Bonchev–Trinajstić information content (AvgIpc) is 2.33. The van der Waals surface area contributed by atoms with Crippen LogP contribution in [-0.2, 0) is 6.42 Å². The third-order valence-electron chi connectivity index (χ3n) is 2.06. The van der Waals surface area contributed by atoms with Gasteiger partial charge in [-0.15, -0.1) is 23.1 Å². The van der Waals surface area contributed by atoms with Gasteiger partial charge in [-0.1, -0.05) is 0 Å². The first-order valence-corrected chi connectivity index (χ1v) is 6.07. The van der Waals surface area contributed by atoms with Crippen LogP contribution in [0.1, 0.15) is 16.0 Å². The Balaban J connectivity index is 2.98. The van der Waals surface area contributed by atoms with Crippen molar-refractivity contribution in [1.29, 1.82) is 0 Å². The summed E-state index contributed by atoms with van der Waals surface area (Å²) in [6.07, 6.45) is 3.16. The molecule has 0 atom stereocenters. The number of thiophene rings is 1. The van der Waals surface area contributed by atoms with E-state index in [1.165, 1.54) is 20.2 Å². The van der Waals surface area contributed by atoms with Crippen LogP contribution < -0.4 is 5.73 Å². The molecule has 0 fully saturated rings. The molecule has 68 valence electrons. The van der Waals surface area contributed by atoms with E-state index in [1.807, 2.05) is 23.1 Å². The first kappa shape index (κ1) is 10.1. The van der Waals surface area contributed by atoms with Gasteiger partial charge >= 0.3 is 0 Å². The second-order valence-electron chi connectivity index (χ2n) is 2.81. The highest BCUT2D eigenvalue weighted by Gasteiger charge is 2.09. The van der Waals surface area contributed by atoms with E-state index < -0.39 is 0 Å². The van der Waals surface area contributed by atoms with Crippen molar-refractivity contribution in [3.63, 3.8) is 0 Å². The maximum absolute atomic E-state index is 5.53. The Morgan fingerprint density at radius 3 is 2.42 bits per heavy atom. The molecule has 0 spiro atoms. The molecule has 2 N–H and O–H groups in total. The van der Waals surface area contributed by atoms with E-state index in [0.717, 1.165) is 13.0 Å². The van der Waals surface area contributed by atoms with Gasteiger partial charge in [0.1, 0.15) is 0 Å². The van der Waals surface area contributed by atoms with Crippen molar-refractivity contribution >= 4 is 23.1 Å². The predicted molar refractivity (Wildman–Crippen MR) is 58.3 cm³/mol. The minimum absolute atomic E-state index is 0.759. The van der Waals surface area contributed by atoms with E-state index in [9.17, 15) is 0 Å². The van der Waals surface area contributed by atoms with Gasteiger partial charge in [0.2, 0.25) is 0 Å². The Hall–Kier alpha value is 0.01000. The van der Waals surface area contributed by atoms with Crippen LogP contribution in [0.4, 0.5) is 0 Å². The standard InChI is InChI=1S/C9H15NS2/c1-6-7(2)9(11-3)12-8(6)4-5-10/h4-5,10H2,1-3H3. The molecule has 3 heteroatoms. The van der Waals surface area contributed by atoms with Crippen LogP contribution in [0, 0.1) is 13.8 Å². The predicted octanol–water partition coefficient (Wildman–Crippen LogP) is 2.59. The van der Waals surface area contributed by atoms with E-state index in [0.29, 0.717) is 0 Å². The summed E-state index contributed by atoms with van der Waals surface area (Å²) in [4.78, 5) is 1.46. The molecule has 1 aromatic rings. The summed E-state index contributed by atoms with van der Waals surface area (Å²) >= 11 is 3.73. The van der Waals surface area contributed by atoms with Crippen LogP contribution in [0.5, 0.6) is 0 Å². The quantitative estimate of drug-likeness (QED) is 0.761. The van der Waals surface area contributed by atoms with Crippen LogP contribution in [0.3, 0.4) is 0 Å². The van der Waals surface area contributed by atoms with Crippen molar-refractivity contribution in [2.75, 3.05) is 12.8 Å². The zero-order chi connectivity index (χ0) is 9.14. The second-order valence-corrected chi connectivity index (χ2v) is 4.99. The molecule has 0 amide bonds. The zero-order valence-electron chi connectivity index (χ0n) is 7.81. The lowest BCUT2D eigenvalue weighted by Gasteiger charge is -1.95. The van der Waals surface area contributed by atoms with Gasteiger partial charge in [0.15, 0.2) is 0 Å². The Bertz CT molecular complexity index is 266. The normalized spacial score (nSPS) is 10.7. The van der Waals surface area contributed by atoms with Gasteiger partial charge in [-0.25, -0.2) is 0 Å². The molecule has 0 aliphatic heterocycles. The lowest BCUT2D eigenvalue weighted by Crippen LogP contribution is -2.01. The molecule has 0 aromatic carbocycles. The number of thioether (sulfide) groups is 1. The summed E-state index contributed by atoms with van der Waals surface area (Å²) in [5.74, 6) is 0. The fourth-order valence-electron chi connectivity index (χ4n) is 1.19. The lowest BCUT2D eigenvalue weighted by atomic mass is 10.1. The Kier molecular flexibility index (Phi) is 3.62. The molecule has 0 aliphatic carbocycles. The second kappa shape index (κ2) is 4.30. The first-order chi connectivity index (χ1) is 5.70. The summed E-state index contributed by atoms with van der Waals surface area (Å²) in [6, 6.07) is 0. The largest absolute Gasteiger partial charge is 0.330 e. The SMILES string of the molecule is CSc1sc(CCN)c(C)c1C. The van der Waals surface area contributed by atoms with Gasteiger partial charge in [-0.05, 0) is 44.2 Å². The van der Waals surface area contributed by atoms with Gasteiger partial charge < -0.3 is 5.73 Å². The molecule has 0 saturated heterocycles. The summed E-state index contributed by atoms with van der Waals surface area (Å²) in [6.45, 7) is 5.14. The third-order valence-corrected chi connectivity index (χ3v) is 4.73. The van der Waals surface area contributed by atoms with E-state index in [2.05, 4.69) is 20.1 Å². The molecule has 1 aromatic heterocycles. The van der Waals surface area contributed by atoms with E-state index >= 15 is 0 Å². The van der Waals surface area contributed by atoms with Gasteiger partial charge in [0, 0.05) is 4.88 Å². The summed E-state index contributed by atoms with van der Waals surface area (Å²) in [7, 11) is 0. The molecule has 1 rings (SSSR count). The summed E-state index contributed by atoms with van der Waals surface area (Å²) in [5, 5.41) is 0. The van der Waals surface area contributed by atoms with Gasteiger partial charge in [-0.3, -0.25) is 0 Å². The van der Waals surface area contributed by atoms with Crippen molar-refractivity contribution in [1.82, 2.24) is 0 Å². The van der Waals surface area contributed by atoms with Gasteiger partial charge in [-0.2, -0.15) is 0 Å². The highest BCUT2D eigenvalue weighted by molar-refractivity contribution is 8.00. The van der Waals surface area contributed by atoms with E-state index in [1.54, 1.807) is 0 Å². The van der Waals surface area contributed by atoms with Crippen LogP contribution in [0.15, 0.2) is 4.21 Å². The molecular formula is C9H15NS2. The van der Waals surface area contributed by atoms with Crippen molar-refractivity contribution in [3.05, 3.63) is 16.0 Å². The Labute approximate surface area is 82.4 Å². The molecule has 1 nitrogen and oxygen atoms in total. The van der Waals surface area contributed by atoms with Crippen LogP contribution in [-0.4, -0.2) is 12.8 Å². The number of nitrogens with two attached hydrogens (primary N) is 1. The molecule has 0 bridgehead atoms. The third kappa shape index (κ3) is 1.84. The molecule has 0 unspecified atom stereocenters. The highest BCUT2D eigenvalue weighted by atomic mass is 32.2. The van der Waals surface area contributed by atoms with E-state index in [4.69, 9.17) is 5.73 Å². The number of hydrogen-bond acceptors (Lipinski definition) is 3. The first-order valence-electron chi connectivity index (χ1n) is 4.03. The summed E-state index contributed by atoms with van der Waals surface area (Å²) in [5.41, 5.74) is 8.41. The maximum Gasteiger partial charge on any atom is 0.0630 e.